The molecule has 2 amide bonds. The molecule has 0 spiro atoms. The third kappa shape index (κ3) is 3.56. The van der Waals surface area contributed by atoms with Gasteiger partial charge in [-0.3, -0.25) is 9.59 Å². The Morgan fingerprint density at radius 3 is 2.41 bits per heavy atom. The molecule has 0 N–H and O–H groups in total. The zero-order chi connectivity index (χ0) is 16.2. The summed E-state index contributed by atoms with van der Waals surface area (Å²) in [5.74, 6) is -0.215. The van der Waals surface area contributed by atoms with Gasteiger partial charge in [0, 0.05) is 20.1 Å². The van der Waals surface area contributed by atoms with Gasteiger partial charge in [0.05, 0.1) is 6.54 Å². The lowest BCUT2D eigenvalue weighted by molar-refractivity contribution is -0.138. The minimum Gasteiger partial charge on any atom is -0.341 e. The first-order valence-corrected chi connectivity index (χ1v) is 7.67. The zero-order valence-corrected chi connectivity index (χ0v) is 13.4. The van der Waals surface area contributed by atoms with Gasteiger partial charge in [-0.25, -0.2) is 0 Å². The molecule has 1 heterocycles. The summed E-state index contributed by atoms with van der Waals surface area (Å²) in [5.41, 5.74) is 1.46. The molecule has 0 atom stereocenters. The lowest BCUT2D eigenvalue weighted by Crippen LogP contribution is -2.47. The van der Waals surface area contributed by atoms with Gasteiger partial charge < -0.3 is 9.80 Å². The van der Waals surface area contributed by atoms with Crippen LogP contribution in [0.2, 0.25) is 0 Å². The van der Waals surface area contributed by atoms with Crippen LogP contribution in [0.3, 0.4) is 0 Å². The summed E-state index contributed by atoms with van der Waals surface area (Å²) in [6, 6.07) is 10.5. The number of likely N-dealkylation sites (tertiary alicyclic amines) is 1. The van der Waals surface area contributed by atoms with Crippen molar-refractivity contribution in [3.05, 3.63) is 48.6 Å². The van der Waals surface area contributed by atoms with Crippen molar-refractivity contribution in [2.45, 2.75) is 25.2 Å². The van der Waals surface area contributed by atoms with Gasteiger partial charge in [-0.2, -0.15) is 0 Å². The maximum atomic E-state index is 12.3. The van der Waals surface area contributed by atoms with E-state index < -0.39 is 0 Å². The van der Waals surface area contributed by atoms with Gasteiger partial charge in [0.25, 0.3) is 0 Å². The average Bonchev–Trinajstić information content (AvgIpc) is 2.55. The first-order valence-electron chi connectivity index (χ1n) is 7.67. The molecule has 1 saturated heterocycles. The molecule has 4 heteroatoms. The Kier molecular flexibility index (Phi) is 5.01. The van der Waals surface area contributed by atoms with Gasteiger partial charge in [-0.05, 0) is 29.9 Å². The fourth-order valence-corrected chi connectivity index (χ4v) is 2.92. The second-order valence-corrected chi connectivity index (χ2v) is 6.21. The first kappa shape index (κ1) is 16.3. The van der Waals surface area contributed by atoms with Gasteiger partial charge in [-0.15, -0.1) is 0 Å². The molecule has 0 bridgehead atoms. The fraction of sp³-hybridized carbons (Fsp3) is 0.444. The molecule has 0 aromatic heterocycles. The van der Waals surface area contributed by atoms with Crippen molar-refractivity contribution >= 4 is 11.8 Å². The van der Waals surface area contributed by atoms with E-state index in [1.54, 1.807) is 7.05 Å². The highest BCUT2D eigenvalue weighted by atomic mass is 16.2. The van der Waals surface area contributed by atoms with Crippen molar-refractivity contribution in [3.8, 4) is 0 Å². The van der Waals surface area contributed by atoms with Crippen LogP contribution in [0.5, 0.6) is 0 Å². The maximum Gasteiger partial charge on any atom is 0.246 e. The summed E-state index contributed by atoms with van der Waals surface area (Å²) in [6.07, 6.45) is 3.12. The molecular formula is C18H24N2O2. The first-order chi connectivity index (χ1) is 10.5. The van der Waals surface area contributed by atoms with Crippen molar-refractivity contribution < 1.29 is 9.59 Å². The van der Waals surface area contributed by atoms with E-state index in [1.807, 2.05) is 11.0 Å². The molecule has 0 aliphatic carbocycles. The summed E-state index contributed by atoms with van der Waals surface area (Å²) >= 11 is 0. The van der Waals surface area contributed by atoms with Crippen LogP contribution in [0.15, 0.2) is 43.0 Å². The van der Waals surface area contributed by atoms with Crippen molar-refractivity contribution in [2.24, 2.45) is 0 Å². The molecule has 0 saturated carbocycles. The highest BCUT2D eigenvalue weighted by Crippen LogP contribution is 2.34. The third-order valence-electron chi connectivity index (χ3n) is 4.61. The molecule has 1 aliphatic heterocycles. The van der Waals surface area contributed by atoms with Crippen LogP contribution in [-0.4, -0.2) is 48.3 Å². The highest BCUT2D eigenvalue weighted by Gasteiger charge is 2.33. The molecule has 118 valence electrons. The second-order valence-electron chi connectivity index (χ2n) is 6.21. The molecule has 0 radical (unpaired) electrons. The number of nitrogens with zero attached hydrogens (tertiary/aromatic N) is 2. The Morgan fingerprint density at radius 1 is 1.27 bits per heavy atom. The number of likely N-dealkylation sites (N-methyl/N-ethyl adjacent to an activating group) is 1. The van der Waals surface area contributed by atoms with Crippen LogP contribution in [-0.2, 0) is 15.0 Å². The molecule has 1 fully saturated rings. The third-order valence-corrected chi connectivity index (χ3v) is 4.61. The van der Waals surface area contributed by atoms with E-state index in [4.69, 9.17) is 0 Å². The molecule has 1 aromatic rings. The quantitative estimate of drug-likeness (QED) is 0.800. The van der Waals surface area contributed by atoms with Gasteiger partial charge >= 0.3 is 0 Å². The number of hydrogen-bond donors (Lipinski definition) is 0. The van der Waals surface area contributed by atoms with Gasteiger partial charge in [0.1, 0.15) is 0 Å². The maximum absolute atomic E-state index is 12.3. The van der Waals surface area contributed by atoms with Crippen molar-refractivity contribution in [1.29, 1.82) is 0 Å². The largest absolute Gasteiger partial charge is 0.341 e. The summed E-state index contributed by atoms with van der Waals surface area (Å²) in [5, 5.41) is 0. The number of hydrogen-bond acceptors (Lipinski definition) is 2. The normalized spacial score (nSPS) is 16.9. The SMILES string of the molecule is C=CC(=O)N(C)CC(=O)N1CCC(C)(c2ccccc2)CC1. The number of benzene rings is 1. The van der Waals surface area contributed by atoms with E-state index in [1.165, 1.54) is 16.5 Å². The van der Waals surface area contributed by atoms with Crippen LogP contribution >= 0.6 is 0 Å². The summed E-state index contributed by atoms with van der Waals surface area (Å²) in [7, 11) is 1.62. The average molecular weight is 300 g/mol. The van der Waals surface area contributed by atoms with E-state index in [2.05, 4.69) is 37.8 Å². The van der Waals surface area contributed by atoms with E-state index in [0.29, 0.717) is 0 Å². The molecule has 0 unspecified atom stereocenters. The van der Waals surface area contributed by atoms with Crippen LogP contribution in [0.25, 0.3) is 0 Å². The summed E-state index contributed by atoms with van der Waals surface area (Å²) < 4.78 is 0. The predicted octanol–water partition coefficient (Wildman–Crippen LogP) is 2.21. The van der Waals surface area contributed by atoms with Gasteiger partial charge in [0.15, 0.2) is 0 Å². The molecule has 4 nitrogen and oxygen atoms in total. The van der Waals surface area contributed by atoms with E-state index in [9.17, 15) is 9.59 Å². The molecule has 22 heavy (non-hydrogen) atoms. The Hall–Kier alpha value is -2.10. The Balaban J connectivity index is 1.93. The number of carbonyl (C=O) groups is 2. The van der Waals surface area contributed by atoms with Crippen molar-refractivity contribution in [2.75, 3.05) is 26.7 Å². The van der Waals surface area contributed by atoms with Crippen molar-refractivity contribution in [1.82, 2.24) is 9.80 Å². The molecule has 2 rings (SSSR count). The minimum atomic E-state index is -0.223. The number of piperidine rings is 1. The van der Waals surface area contributed by atoms with E-state index >= 15 is 0 Å². The molecular weight excluding hydrogens is 276 g/mol. The predicted molar refractivity (Wildman–Crippen MR) is 87.4 cm³/mol. The lowest BCUT2D eigenvalue weighted by atomic mass is 9.74. The van der Waals surface area contributed by atoms with E-state index in [0.717, 1.165) is 25.9 Å². The van der Waals surface area contributed by atoms with Gasteiger partial charge in [-0.1, -0.05) is 43.8 Å². The summed E-state index contributed by atoms with van der Waals surface area (Å²) in [4.78, 5) is 27.0. The number of carbonyl (C=O) groups excluding carboxylic acids is 2. The van der Waals surface area contributed by atoms with Crippen molar-refractivity contribution in [3.63, 3.8) is 0 Å². The van der Waals surface area contributed by atoms with Crippen LogP contribution in [0.4, 0.5) is 0 Å². The Bertz CT molecular complexity index is 545. The summed E-state index contributed by atoms with van der Waals surface area (Å²) in [6.45, 7) is 7.29. The topological polar surface area (TPSA) is 40.6 Å². The minimum absolute atomic E-state index is 0.00723. The zero-order valence-electron chi connectivity index (χ0n) is 13.4. The van der Waals surface area contributed by atoms with E-state index in [-0.39, 0.29) is 23.8 Å². The smallest absolute Gasteiger partial charge is 0.246 e. The molecule has 1 aliphatic rings. The number of rotatable bonds is 4. The second kappa shape index (κ2) is 6.77. The Labute approximate surface area is 132 Å². The molecule has 1 aromatic carbocycles. The standard InChI is InChI=1S/C18H24N2O2/c1-4-16(21)19(3)14-17(22)20-12-10-18(2,11-13-20)15-8-6-5-7-9-15/h4-9H,1,10-14H2,2-3H3. The highest BCUT2D eigenvalue weighted by molar-refractivity contribution is 5.90. The van der Waals surface area contributed by atoms with Gasteiger partial charge in [0.2, 0.25) is 11.8 Å². The Morgan fingerprint density at radius 2 is 1.86 bits per heavy atom. The fourth-order valence-electron chi connectivity index (χ4n) is 2.92. The van der Waals surface area contributed by atoms with Crippen LogP contribution < -0.4 is 0 Å². The van der Waals surface area contributed by atoms with Crippen LogP contribution in [0, 0.1) is 0 Å². The monoisotopic (exact) mass is 300 g/mol. The lowest BCUT2D eigenvalue weighted by Gasteiger charge is -2.40. The number of amides is 2. The van der Waals surface area contributed by atoms with Crippen LogP contribution in [0.1, 0.15) is 25.3 Å².